The van der Waals surface area contributed by atoms with Crippen LogP contribution in [-0.4, -0.2) is 26.0 Å². The van der Waals surface area contributed by atoms with E-state index in [4.69, 9.17) is 5.11 Å². The number of carboxylic acid groups (broad SMARTS) is 1. The molecule has 0 spiro atoms. The van der Waals surface area contributed by atoms with Gasteiger partial charge in [0.2, 0.25) is 10.0 Å². The van der Waals surface area contributed by atoms with Crippen molar-refractivity contribution in [3.05, 3.63) is 35.9 Å². The monoisotopic (exact) mass is 243 g/mol. The van der Waals surface area contributed by atoms with Crippen molar-refractivity contribution in [2.45, 2.75) is 12.2 Å². The molecule has 0 fully saturated rings. The predicted octanol–water partition coefficient (Wildman–Crippen LogP) is 0.752. The van der Waals surface area contributed by atoms with E-state index < -0.39 is 27.8 Å². The van der Waals surface area contributed by atoms with Gasteiger partial charge in [-0.3, -0.25) is 4.79 Å². The van der Waals surface area contributed by atoms with Crippen LogP contribution in [0.2, 0.25) is 0 Å². The summed E-state index contributed by atoms with van der Waals surface area (Å²) in [7, 11) is -3.64. The van der Waals surface area contributed by atoms with Crippen molar-refractivity contribution in [1.82, 2.24) is 4.72 Å². The Kier molecular flexibility index (Phi) is 4.03. The zero-order valence-corrected chi connectivity index (χ0v) is 9.57. The molecule has 0 radical (unpaired) electrons. The molecule has 0 heterocycles. The minimum Gasteiger partial charge on any atom is -0.480 e. The van der Waals surface area contributed by atoms with E-state index in [9.17, 15) is 13.2 Å². The third kappa shape index (κ3) is 3.32. The van der Waals surface area contributed by atoms with Gasteiger partial charge < -0.3 is 5.11 Å². The first-order chi connectivity index (χ1) is 7.43. The summed E-state index contributed by atoms with van der Waals surface area (Å²) in [6.45, 7) is 0.916. The highest BCUT2D eigenvalue weighted by Gasteiger charge is 2.22. The molecule has 16 heavy (non-hydrogen) atoms. The third-order valence-corrected chi connectivity index (χ3v) is 3.91. The van der Waals surface area contributed by atoms with Crippen molar-refractivity contribution in [2.75, 3.05) is 6.54 Å². The number of aliphatic carboxylic acids is 1. The van der Waals surface area contributed by atoms with Crippen LogP contribution in [0.25, 0.3) is 0 Å². The summed E-state index contributed by atoms with van der Waals surface area (Å²) >= 11 is 0. The maximum atomic E-state index is 11.7. The van der Waals surface area contributed by atoms with Gasteiger partial charge in [0.15, 0.2) is 0 Å². The first kappa shape index (κ1) is 12.7. The molecule has 0 aliphatic rings. The summed E-state index contributed by atoms with van der Waals surface area (Å²) in [6, 6.07) is 8.62. The summed E-state index contributed by atoms with van der Waals surface area (Å²) in [5.41, 5.74) is 0.625. The van der Waals surface area contributed by atoms with Crippen LogP contribution in [0, 0.1) is 0 Å². The SMILES string of the molecule is CC(c1ccccc1)S(=O)(=O)NCC(=O)O. The van der Waals surface area contributed by atoms with Gasteiger partial charge in [0, 0.05) is 0 Å². The highest BCUT2D eigenvalue weighted by molar-refractivity contribution is 7.89. The molecular formula is C10H13NO4S. The number of sulfonamides is 1. The van der Waals surface area contributed by atoms with E-state index in [2.05, 4.69) is 0 Å². The molecule has 2 N–H and O–H groups in total. The molecule has 1 aromatic rings. The van der Waals surface area contributed by atoms with Crippen LogP contribution in [0.15, 0.2) is 30.3 Å². The van der Waals surface area contributed by atoms with Crippen LogP contribution in [0.5, 0.6) is 0 Å². The Morgan fingerprint density at radius 1 is 1.38 bits per heavy atom. The van der Waals surface area contributed by atoms with Crippen molar-refractivity contribution in [2.24, 2.45) is 0 Å². The highest BCUT2D eigenvalue weighted by Crippen LogP contribution is 2.19. The average Bonchev–Trinajstić information content (AvgIpc) is 2.27. The molecule has 5 nitrogen and oxygen atoms in total. The van der Waals surface area contributed by atoms with E-state index in [-0.39, 0.29) is 0 Å². The van der Waals surface area contributed by atoms with Crippen LogP contribution in [0.1, 0.15) is 17.7 Å². The second-order valence-electron chi connectivity index (χ2n) is 3.31. The van der Waals surface area contributed by atoms with E-state index >= 15 is 0 Å². The molecule has 1 unspecified atom stereocenters. The van der Waals surface area contributed by atoms with Gasteiger partial charge >= 0.3 is 5.97 Å². The lowest BCUT2D eigenvalue weighted by Crippen LogP contribution is -2.32. The quantitative estimate of drug-likeness (QED) is 0.799. The normalized spacial score (nSPS) is 13.3. The first-order valence-corrected chi connectivity index (χ1v) is 6.23. The maximum absolute atomic E-state index is 11.7. The Morgan fingerprint density at radius 2 is 1.94 bits per heavy atom. The molecule has 6 heteroatoms. The number of hydrogen-bond donors (Lipinski definition) is 2. The van der Waals surface area contributed by atoms with Crippen molar-refractivity contribution < 1.29 is 18.3 Å². The molecule has 0 aliphatic heterocycles. The molecule has 0 bridgehead atoms. The lowest BCUT2D eigenvalue weighted by molar-refractivity contribution is -0.135. The van der Waals surface area contributed by atoms with Crippen LogP contribution in [-0.2, 0) is 14.8 Å². The molecule has 88 valence electrons. The molecule has 0 aliphatic carbocycles. The van der Waals surface area contributed by atoms with Gasteiger partial charge in [0.25, 0.3) is 0 Å². The van der Waals surface area contributed by atoms with Gasteiger partial charge in [-0.05, 0) is 12.5 Å². The number of hydrogen-bond acceptors (Lipinski definition) is 3. The van der Waals surface area contributed by atoms with Crippen LogP contribution < -0.4 is 4.72 Å². The molecule has 1 aromatic carbocycles. The van der Waals surface area contributed by atoms with Crippen molar-refractivity contribution in [3.63, 3.8) is 0 Å². The van der Waals surface area contributed by atoms with Gasteiger partial charge in [0.05, 0.1) is 5.25 Å². The van der Waals surface area contributed by atoms with E-state index in [1.807, 2.05) is 4.72 Å². The number of nitrogens with one attached hydrogen (secondary N) is 1. The van der Waals surface area contributed by atoms with Gasteiger partial charge in [-0.25, -0.2) is 13.1 Å². The lowest BCUT2D eigenvalue weighted by atomic mass is 10.2. The molecular weight excluding hydrogens is 230 g/mol. The second-order valence-corrected chi connectivity index (χ2v) is 5.40. The number of benzene rings is 1. The van der Waals surface area contributed by atoms with Crippen molar-refractivity contribution >= 4 is 16.0 Å². The third-order valence-electron chi connectivity index (χ3n) is 2.16. The summed E-state index contributed by atoms with van der Waals surface area (Å²) in [5, 5.41) is 7.63. The maximum Gasteiger partial charge on any atom is 0.318 e. The number of rotatable bonds is 5. The minimum atomic E-state index is -3.64. The summed E-state index contributed by atoms with van der Waals surface area (Å²) < 4.78 is 25.4. The standard InChI is InChI=1S/C10H13NO4S/c1-8(9-5-3-2-4-6-9)16(14,15)11-7-10(12)13/h2-6,8,11H,7H2,1H3,(H,12,13). The van der Waals surface area contributed by atoms with Crippen molar-refractivity contribution in [3.8, 4) is 0 Å². The van der Waals surface area contributed by atoms with Gasteiger partial charge in [-0.2, -0.15) is 0 Å². The summed E-state index contributed by atoms with van der Waals surface area (Å²) in [4.78, 5) is 10.3. The Balaban J connectivity index is 2.81. The smallest absolute Gasteiger partial charge is 0.318 e. The van der Waals surface area contributed by atoms with Crippen LogP contribution in [0.4, 0.5) is 0 Å². The van der Waals surface area contributed by atoms with Crippen molar-refractivity contribution in [1.29, 1.82) is 0 Å². The fourth-order valence-corrected chi connectivity index (χ4v) is 2.28. The fourth-order valence-electron chi connectivity index (χ4n) is 1.19. The van der Waals surface area contributed by atoms with E-state index in [1.165, 1.54) is 6.92 Å². The number of carbonyl (C=O) groups is 1. The van der Waals surface area contributed by atoms with Crippen LogP contribution in [0.3, 0.4) is 0 Å². The Hall–Kier alpha value is -1.40. The molecule has 1 rings (SSSR count). The Bertz CT molecular complexity index is 455. The highest BCUT2D eigenvalue weighted by atomic mass is 32.2. The molecule has 0 saturated carbocycles. The summed E-state index contributed by atoms with van der Waals surface area (Å²) in [6.07, 6.45) is 0. The lowest BCUT2D eigenvalue weighted by Gasteiger charge is -2.12. The fraction of sp³-hybridized carbons (Fsp3) is 0.300. The zero-order chi connectivity index (χ0) is 12.2. The first-order valence-electron chi connectivity index (χ1n) is 4.68. The molecule has 0 amide bonds. The molecule has 1 atom stereocenters. The Morgan fingerprint density at radius 3 is 2.44 bits per heavy atom. The largest absolute Gasteiger partial charge is 0.480 e. The number of carboxylic acids is 1. The van der Waals surface area contributed by atoms with E-state index in [0.717, 1.165) is 0 Å². The van der Waals surface area contributed by atoms with E-state index in [0.29, 0.717) is 5.56 Å². The van der Waals surface area contributed by atoms with Gasteiger partial charge in [-0.15, -0.1) is 0 Å². The second kappa shape index (κ2) is 5.09. The molecule has 0 saturated heterocycles. The Labute approximate surface area is 94.2 Å². The summed E-state index contributed by atoms with van der Waals surface area (Å²) in [5.74, 6) is -1.20. The minimum absolute atomic E-state index is 0.598. The van der Waals surface area contributed by atoms with E-state index in [1.54, 1.807) is 30.3 Å². The predicted molar refractivity (Wildman–Crippen MR) is 59.4 cm³/mol. The zero-order valence-electron chi connectivity index (χ0n) is 8.75. The molecule has 0 aromatic heterocycles. The topological polar surface area (TPSA) is 83.5 Å². The average molecular weight is 243 g/mol. The van der Waals surface area contributed by atoms with Crippen LogP contribution >= 0.6 is 0 Å². The van der Waals surface area contributed by atoms with Gasteiger partial charge in [-0.1, -0.05) is 30.3 Å². The van der Waals surface area contributed by atoms with Gasteiger partial charge in [0.1, 0.15) is 6.54 Å².